The molecule has 2 aromatic heterocycles. The predicted octanol–water partition coefficient (Wildman–Crippen LogP) is 5.47. The quantitative estimate of drug-likeness (QED) is 0.392. The number of rotatable bonds is 6. The average Bonchev–Trinajstić information content (AvgIpc) is 3.34. The molecule has 0 aliphatic carbocycles. The Morgan fingerprint density at radius 3 is 2.62 bits per heavy atom. The van der Waals surface area contributed by atoms with Crippen molar-refractivity contribution in [2.24, 2.45) is 0 Å². The van der Waals surface area contributed by atoms with E-state index in [1.807, 2.05) is 36.4 Å². The summed E-state index contributed by atoms with van der Waals surface area (Å²) in [5.41, 5.74) is 1.23. The van der Waals surface area contributed by atoms with Gasteiger partial charge in [-0.15, -0.1) is 0 Å². The van der Waals surface area contributed by atoms with E-state index in [1.165, 1.54) is 0 Å². The van der Waals surface area contributed by atoms with Crippen LogP contribution >= 0.6 is 23.2 Å². The smallest absolute Gasteiger partial charge is 0.410 e. The van der Waals surface area contributed by atoms with E-state index in [2.05, 4.69) is 25.3 Å². The van der Waals surface area contributed by atoms with E-state index in [1.54, 1.807) is 18.3 Å². The van der Waals surface area contributed by atoms with Crippen LogP contribution in [0.1, 0.15) is 64.5 Å². The minimum Gasteiger partial charge on any atom is -0.444 e. The number of ether oxygens (including phenoxy) is 1. The van der Waals surface area contributed by atoms with Crippen LogP contribution in [0.15, 0.2) is 29.2 Å². The zero-order valence-electron chi connectivity index (χ0n) is 23.3. The topological polar surface area (TPSA) is 108 Å². The molecule has 4 heterocycles. The Hall–Kier alpha value is -2.82. The van der Waals surface area contributed by atoms with Gasteiger partial charge in [-0.2, -0.15) is 5.10 Å². The highest BCUT2D eigenvalue weighted by Gasteiger charge is 2.33. The average molecular weight is 591 g/mol. The summed E-state index contributed by atoms with van der Waals surface area (Å²) in [6.45, 7) is 9.48. The maximum atomic E-state index is 13.1. The lowest BCUT2D eigenvalue weighted by Crippen LogP contribution is -2.52. The fourth-order valence-corrected chi connectivity index (χ4v) is 5.88. The number of H-pyrrole nitrogens is 1. The van der Waals surface area contributed by atoms with Crippen molar-refractivity contribution in [2.45, 2.75) is 77.1 Å². The number of carbonyl (C=O) groups is 1. The number of halogens is 2. The van der Waals surface area contributed by atoms with Crippen LogP contribution in [0.2, 0.25) is 10.0 Å². The van der Waals surface area contributed by atoms with Crippen LogP contribution in [-0.4, -0.2) is 73.5 Å². The molecule has 2 fully saturated rings. The van der Waals surface area contributed by atoms with Gasteiger partial charge in [0.1, 0.15) is 11.1 Å². The normalized spacial score (nSPS) is 19.2. The molecule has 2 N–H and O–H groups in total. The van der Waals surface area contributed by atoms with Crippen molar-refractivity contribution in [1.29, 1.82) is 0 Å². The number of hydrogen-bond acceptors (Lipinski definition) is 7. The van der Waals surface area contributed by atoms with Crippen LogP contribution in [0.4, 0.5) is 10.7 Å². The first-order chi connectivity index (χ1) is 19.1. The fraction of sp³-hybridized carbons (Fsp3) is 0.571. The van der Waals surface area contributed by atoms with E-state index in [0.29, 0.717) is 33.6 Å². The number of benzene rings is 1. The van der Waals surface area contributed by atoms with Crippen LogP contribution in [0.3, 0.4) is 0 Å². The molecule has 1 unspecified atom stereocenters. The Morgan fingerprint density at radius 1 is 1.12 bits per heavy atom. The van der Waals surface area contributed by atoms with Gasteiger partial charge in [-0.25, -0.2) is 9.78 Å². The monoisotopic (exact) mass is 589 g/mol. The molecule has 10 nitrogen and oxygen atoms in total. The van der Waals surface area contributed by atoms with Crippen molar-refractivity contribution in [2.75, 3.05) is 31.5 Å². The maximum Gasteiger partial charge on any atom is 0.410 e. The molecule has 2 aliphatic rings. The number of aromatic nitrogens is 4. The Morgan fingerprint density at radius 2 is 1.90 bits per heavy atom. The van der Waals surface area contributed by atoms with Gasteiger partial charge in [0.2, 0.25) is 5.95 Å². The van der Waals surface area contributed by atoms with Gasteiger partial charge in [-0.1, -0.05) is 29.3 Å². The first-order valence-electron chi connectivity index (χ1n) is 13.9. The Labute approximate surface area is 244 Å². The fourth-order valence-electron chi connectivity index (χ4n) is 5.56. The van der Waals surface area contributed by atoms with Gasteiger partial charge in [0, 0.05) is 38.8 Å². The third kappa shape index (κ3) is 6.72. The second-order valence-corrected chi connectivity index (χ2v) is 12.5. The molecular weight excluding hydrogens is 553 g/mol. The minimum atomic E-state index is -0.501. The second-order valence-electron chi connectivity index (χ2n) is 11.7. The highest BCUT2D eigenvalue weighted by molar-refractivity contribution is 6.42. The highest BCUT2D eigenvalue weighted by atomic mass is 35.5. The third-order valence-electron chi connectivity index (χ3n) is 7.53. The number of nitrogens with one attached hydrogen (secondary N) is 2. The molecule has 3 aromatic rings. The maximum absolute atomic E-state index is 13.1. The first-order valence-corrected chi connectivity index (χ1v) is 14.7. The van der Waals surface area contributed by atoms with E-state index in [9.17, 15) is 9.59 Å². The molecule has 0 spiro atoms. The molecule has 0 saturated carbocycles. The van der Waals surface area contributed by atoms with Crippen LogP contribution in [0, 0.1) is 0 Å². The van der Waals surface area contributed by atoms with Crippen molar-refractivity contribution in [3.8, 4) is 0 Å². The number of anilines is 1. The Kier molecular flexibility index (Phi) is 8.58. The number of hydrogen-bond donors (Lipinski definition) is 2. The molecule has 0 radical (unpaired) electrons. The van der Waals surface area contributed by atoms with E-state index in [-0.39, 0.29) is 23.7 Å². The van der Waals surface area contributed by atoms with Crippen LogP contribution in [0.25, 0.3) is 11.0 Å². The number of likely N-dealkylation sites (tertiary alicyclic amines) is 2. The molecular formula is C28H37Cl2N7O3. The van der Waals surface area contributed by atoms with Crippen LogP contribution in [-0.2, 0) is 11.3 Å². The van der Waals surface area contributed by atoms with Crippen molar-refractivity contribution >= 4 is 46.3 Å². The third-order valence-corrected chi connectivity index (χ3v) is 8.27. The molecule has 216 valence electrons. The molecule has 1 aromatic carbocycles. The van der Waals surface area contributed by atoms with E-state index < -0.39 is 5.60 Å². The SMILES string of the molecule is CC(C)(C)OC(=O)N1CCCCC1CN1CCC(n2ncc3nc(NCc4ccc(Cl)c(Cl)c4)[nH]c(=O)c32)CC1. The summed E-state index contributed by atoms with van der Waals surface area (Å²) in [4.78, 5) is 37.6. The minimum absolute atomic E-state index is 0.111. The number of piperidine rings is 2. The summed E-state index contributed by atoms with van der Waals surface area (Å²) in [6, 6.07) is 5.65. The van der Waals surface area contributed by atoms with Gasteiger partial charge in [0.15, 0.2) is 5.52 Å². The lowest BCUT2D eigenvalue weighted by atomic mass is 9.99. The zero-order valence-corrected chi connectivity index (χ0v) is 24.8. The summed E-state index contributed by atoms with van der Waals surface area (Å²) in [6.07, 6.45) is 6.30. The van der Waals surface area contributed by atoms with Gasteiger partial charge < -0.3 is 19.9 Å². The summed E-state index contributed by atoms with van der Waals surface area (Å²) in [7, 11) is 0. The predicted molar refractivity (Wildman–Crippen MR) is 157 cm³/mol. The molecule has 12 heteroatoms. The summed E-state index contributed by atoms with van der Waals surface area (Å²) >= 11 is 12.1. The van der Waals surface area contributed by atoms with Crippen LogP contribution in [0.5, 0.6) is 0 Å². The largest absolute Gasteiger partial charge is 0.444 e. The highest BCUT2D eigenvalue weighted by Crippen LogP contribution is 2.27. The number of carbonyl (C=O) groups excluding carboxylic acids is 1. The zero-order chi connectivity index (χ0) is 28.4. The van der Waals surface area contributed by atoms with Crippen molar-refractivity contribution in [3.05, 3.63) is 50.4 Å². The summed E-state index contributed by atoms with van der Waals surface area (Å²) in [5, 5.41) is 8.68. The van der Waals surface area contributed by atoms with Gasteiger partial charge in [0.25, 0.3) is 5.56 Å². The molecule has 40 heavy (non-hydrogen) atoms. The Balaban J connectivity index is 1.20. The molecule has 1 amide bonds. The second kappa shape index (κ2) is 12.0. The lowest BCUT2D eigenvalue weighted by Gasteiger charge is -2.41. The van der Waals surface area contributed by atoms with Crippen LogP contribution < -0.4 is 10.9 Å². The van der Waals surface area contributed by atoms with Gasteiger partial charge >= 0.3 is 6.09 Å². The van der Waals surface area contributed by atoms with Crippen molar-refractivity contribution in [3.63, 3.8) is 0 Å². The van der Waals surface area contributed by atoms with E-state index >= 15 is 0 Å². The standard InChI is InChI=1S/C28H37Cl2N7O3/c1-28(2,3)40-27(39)36-11-5-4-6-20(36)17-35-12-9-19(10-13-35)37-24-23(16-32-37)33-26(34-25(24)38)31-15-18-7-8-21(29)22(30)14-18/h7-8,14,16,19-20H,4-6,9-13,15,17H2,1-3H3,(H2,31,33,34,38). The molecule has 1 atom stereocenters. The molecule has 2 aliphatic heterocycles. The number of fused-ring (bicyclic) bond motifs is 1. The van der Waals surface area contributed by atoms with E-state index in [0.717, 1.165) is 63.8 Å². The van der Waals surface area contributed by atoms with Crippen molar-refractivity contribution < 1.29 is 9.53 Å². The number of nitrogens with zero attached hydrogens (tertiary/aromatic N) is 5. The van der Waals surface area contributed by atoms with Crippen molar-refractivity contribution in [1.82, 2.24) is 29.5 Å². The van der Waals surface area contributed by atoms with Gasteiger partial charge in [-0.3, -0.25) is 14.5 Å². The first kappa shape index (κ1) is 28.7. The number of aromatic amines is 1. The number of amides is 1. The molecule has 2 saturated heterocycles. The Bertz CT molecular complexity index is 1410. The van der Waals surface area contributed by atoms with E-state index in [4.69, 9.17) is 27.9 Å². The van der Waals surface area contributed by atoms with Gasteiger partial charge in [0.05, 0.1) is 22.3 Å². The summed E-state index contributed by atoms with van der Waals surface area (Å²) in [5.74, 6) is 0.375. The molecule has 5 rings (SSSR count). The van der Waals surface area contributed by atoms with Gasteiger partial charge in [-0.05, 0) is 70.6 Å². The lowest BCUT2D eigenvalue weighted by molar-refractivity contribution is 0.00348. The summed E-state index contributed by atoms with van der Waals surface area (Å²) < 4.78 is 7.50. The molecule has 0 bridgehead atoms.